The van der Waals surface area contributed by atoms with Gasteiger partial charge in [-0.25, -0.2) is 0 Å². The van der Waals surface area contributed by atoms with Crippen LogP contribution < -0.4 is 16.8 Å². The van der Waals surface area contributed by atoms with Crippen LogP contribution in [0.5, 0.6) is 0 Å². The number of carbonyl (C=O) groups excluding carboxylic acids is 1. The van der Waals surface area contributed by atoms with Crippen molar-refractivity contribution in [3.05, 3.63) is 71.7 Å². The highest BCUT2D eigenvalue weighted by molar-refractivity contribution is 6.02. The van der Waals surface area contributed by atoms with E-state index in [2.05, 4.69) is 10.3 Å². The van der Waals surface area contributed by atoms with E-state index in [1.807, 2.05) is 37.3 Å². The van der Waals surface area contributed by atoms with Crippen LogP contribution in [0.25, 0.3) is 11.6 Å². The number of nitrogens with zero attached hydrogens (tertiary/aromatic N) is 1. The molecule has 1 aromatic heterocycles. The number of nitrogens with one attached hydrogen (secondary N) is 1. The van der Waals surface area contributed by atoms with Gasteiger partial charge >= 0.3 is 0 Å². The van der Waals surface area contributed by atoms with Gasteiger partial charge in [-0.2, -0.15) is 0 Å². The van der Waals surface area contributed by atoms with Crippen LogP contribution in [0, 0.1) is 0 Å². The van der Waals surface area contributed by atoms with Gasteiger partial charge in [0.2, 0.25) is 5.91 Å². The fraction of sp³-hybridized carbons (Fsp3) is 0.111. The van der Waals surface area contributed by atoms with Crippen molar-refractivity contribution < 1.29 is 4.79 Å². The molecule has 0 aliphatic carbocycles. The Morgan fingerprint density at radius 1 is 1.26 bits per heavy atom. The van der Waals surface area contributed by atoms with Gasteiger partial charge in [0.25, 0.3) is 0 Å². The maximum absolute atomic E-state index is 12.0. The number of nitrogens with two attached hydrogens (primary N) is 2. The van der Waals surface area contributed by atoms with Gasteiger partial charge in [0, 0.05) is 36.3 Å². The summed E-state index contributed by atoms with van der Waals surface area (Å²) < 4.78 is 0. The predicted octanol–water partition coefficient (Wildman–Crippen LogP) is 2.51. The zero-order valence-electron chi connectivity index (χ0n) is 13.0. The van der Waals surface area contributed by atoms with Crippen molar-refractivity contribution in [2.24, 2.45) is 11.5 Å². The van der Waals surface area contributed by atoms with Gasteiger partial charge in [-0.1, -0.05) is 12.1 Å². The van der Waals surface area contributed by atoms with E-state index in [9.17, 15) is 4.79 Å². The molecule has 2 rings (SSSR count). The fourth-order valence-electron chi connectivity index (χ4n) is 2.06. The van der Waals surface area contributed by atoms with Crippen molar-refractivity contribution in [1.82, 2.24) is 4.98 Å². The maximum Gasteiger partial charge on any atom is 0.248 e. The lowest BCUT2D eigenvalue weighted by Crippen LogP contribution is -2.08. The summed E-state index contributed by atoms with van der Waals surface area (Å²) in [6.45, 7) is 2.39. The average Bonchev–Trinajstić information content (AvgIpc) is 2.60. The standard InChI is InChI=1S/C18H20N4O/c1-13(10-19)17-8-9-21-12-15(17)4-7-18(23)22-16-5-2-14(11-20)3-6-16/h2-10,12H,11,19-20H2,1H3,(H,22,23)/b7-4+,13-10+. The molecule has 0 saturated carbocycles. The van der Waals surface area contributed by atoms with E-state index < -0.39 is 0 Å². The normalized spacial score (nSPS) is 11.7. The summed E-state index contributed by atoms with van der Waals surface area (Å²) in [5.74, 6) is -0.213. The van der Waals surface area contributed by atoms with Crippen LogP contribution in [0.2, 0.25) is 0 Å². The highest BCUT2D eigenvalue weighted by Gasteiger charge is 2.03. The summed E-state index contributed by atoms with van der Waals surface area (Å²) in [5.41, 5.74) is 15.5. The van der Waals surface area contributed by atoms with Gasteiger partial charge in [0.05, 0.1) is 0 Å². The van der Waals surface area contributed by atoms with Gasteiger partial charge in [-0.3, -0.25) is 9.78 Å². The second-order valence-corrected chi connectivity index (χ2v) is 5.04. The maximum atomic E-state index is 12.0. The number of allylic oxidation sites excluding steroid dienone is 1. The summed E-state index contributed by atoms with van der Waals surface area (Å²) in [6.07, 6.45) is 8.12. The van der Waals surface area contributed by atoms with Gasteiger partial charge in [-0.15, -0.1) is 0 Å². The Balaban J connectivity index is 2.09. The van der Waals surface area contributed by atoms with E-state index in [4.69, 9.17) is 11.5 Å². The Morgan fingerprint density at radius 2 is 2.00 bits per heavy atom. The molecule has 0 radical (unpaired) electrons. The third-order valence-corrected chi connectivity index (χ3v) is 3.40. The second kappa shape index (κ2) is 7.91. The third-order valence-electron chi connectivity index (χ3n) is 3.40. The van der Waals surface area contributed by atoms with Crippen molar-refractivity contribution in [1.29, 1.82) is 0 Å². The Hall–Kier alpha value is -2.92. The van der Waals surface area contributed by atoms with Crippen LogP contribution >= 0.6 is 0 Å². The molecule has 2 aromatic rings. The molecular weight excluding hydrogens is 288 g/mol. The molecule has 0 saturated heterocycles. The van der Waals surface area contributed by atoms with Crippen LogP contribution in [-0.2, 0) is 11.3 Å². The molecule has 118 valence electrons. The molecule has 1 amide bonds. The summed E-state index contributed by atoms with van der Waals surface area (Å²) in [5, 5.41) is 2.80. The number of pyridine rings is 1. The molecule has 23 heavy (non-hydrogen) atoms. The lowest BCUT2D eigenvalue weighted by Gasteiger charge is -2.05. The monoisotopic (exact) mass is 308 g/mol. The minimum absolute atomic E-state index is 0.213. The molecule has 5 heteroatoms. The molecule has 5 N–H and O–H groups in total. The quantitative estimate of drug-likeness (QED) is 0.740. The van der Waals surface area contributed by atoms with E-state index in [-0.39, 0.29) is 5.91 Å². The summed E-state index contributed by atoms with van der Waals surface area (Å²) >= 11 is 0. The lowest BCUT2D eigenvalue weighted by molar-refractivity contribution is -0.111. The molecule has 0 bridgehead atoms. The number of anilines is 1. The molecule has 1 aromatic carbocycles. The number of aromatic nitrogens is 1. The number of benzene rings is 1. The van der Waals surface area contributed by atoms with Gasteiger partial charge in [-0.05, 0) is 54.1 Å². The first-order valence-electron chi connectivity index (χ1n) is 7.25. The Labute approximate surface area is 135 Å². The van der Waals surface area contributed by atoms with Gasteiger partial charge in [0.1, 0.15) is 0 Å². The molecule has 5 nitrogen and oxygen atoms in total. The number of rotatable bonds is 5. The summed E-state index contributed by atoms with van der Waals surface area (Å²) in [7, 11) is 0. The Kier molecular flexibility index (Phi) is 5.66. The molecule has 0 aliphatic rings. The number of carbonyl (C=O) groups is 1. The minimum atomic E-state index is -0.213. The van der Waals surface area contributed by atoms with Crippen LogP contribution in [-0.4, -0.2) is 10.9 Å². The van der Waals surface area contributed by atoms with Gasteiger partial charge in [0.15, 0.2) is 0 Å². The van der Waals surface area contributed by atoms with Crippen molar-refractivity contribution >= 4 is 23.2 Å². The molecule has 0 unspecified atom stereocenters. The summed E-state index contributed by atoms with van der Waals surface area (Å²) in [4.78, 5) is 16.1. The predicted molar refractivity (Wildman–Crippen MR) is 94.1 cm³/mol. The fourth-order valence-corrected chi connectivity index (χ4v) is 2.06. The summed E-state index contributed by atoms with van der Waals surface area (Å²) in [6, 6.07) is 9.28. The van der Waals surface area contributed by atoms with Crippen molar-refractivity contribution in [3.8, 4) is 0 Å². The van der Waals surface area contributed by atoms with Crippen LogP contribution in [0.15, 0.2) is 55.0 Å². The van der Waals surface area contributed by atoms with E-state index in [0.29, 0.717) is 6.54 Å². The number of hydrogen-bond donors (Lipinski definition) is 3. The lowest BCUT2D eigenvalue weighted by atomic mass is 10.0. The van der Waals surface area contributed by atoms with Crippen LogP contribution in [0.4, 0.5) is 5.69 Å². The van der Waals surface area contributed by atoms with Crippen molar-refractivity contribution in [2.45, 2.75) is 13.5 Å². The second-order valence-electron chi connectivity index (χ2n) is 5.04. The smallest absolute Gasteiger partial charge is 0.248 e. The van der Waals surface area contributed by atoms with E-state index >= 15 is 0 Å². The number of amides is 1. The zero-order chi connectivity index (χ0) is 16.7. The molecule has 0 atom stereocenters. The highest BCUT2D eigenvalue weighted by atomic mass is 16.1. The first kappa shape index (κ1) is 16.5. The molecule has 0 spiro atoms. The minimum Gasteiger partial charge on any atom is -0.404 e. The molecule has 1 heterocycles. The topological polar surface area (TPSA) is 94.0 Å². The average molecular weight is 308 g/mol. The molecule has 0 fully saturated rings. The molecule has 0 aliphatic heterocycles. The Bertz CT molecular complexity index is 733. The van der Waals surface area contributed by atoms with E-state index in [1.54, 1.807) is 18.5 Å². The highest BCUT2D eigenvalue weighted by Crippen LogP contribution is 2.18. The number of hydrogen-bond acceptors (Lipinski definition) is 4. The van der Waals surface area contributed by atoms with E-state index in [1.165, 1.54) is 12.3 Å². The Morgan fingerprint density at radius 3 is 2.65 bits per heavy atom. The van der Waals surface area contributed by atoms with Crippen LogP contribution in [0.3, 0.4) is 0 Å². The van der Waals surface area contributed by atoms with E-state index in [0.717, 1.165) is 28.0 Å². The van der Waals surface area contributed by atoms with Crippen molar-refractivity contribution in [3.63, 3.8) is 0 Å². The first-order valence-corrected chi connectivity index (χ1v) is 7.25. The van der Waals surface area contributed by atoms with Crippen molar-refractivity contribution in [2.75, 3.05) is 5.32 Å². The van der Waals surface area contributed by atoms with Gasteiger partial charge < -0.3 is 16.8 Å². The molecular formula is C18H20N4O. The first-order chi connectivity index (χ1) is 11.1. The van der Waals surface area contributed by atoms with Crippen LogP contribution in [0.1, 0.15) is 23.6 Å². The third kappa shape index (κ3) is 4.52. The zero-order valence-corrected chi connectivity index (χ0v) is 13.0. The SMILES string of the molecule is C/C(=C\N)c1ccncc1/C=C/C(=O)Nc1ccc(CN)cc1. The largest absolute Gasteiger partial charge is 0.404 e.